The molecule has 1 saturated carbocycles. The van der Waals surface area contributed by atoms with Gasteiger partial charge in [0.1, 0.15) is 0 Å². The Kier molecular flexibility index (Phi) is 3.99. The molecule has 0 radical (unpaired) electrons. The molecule has 1 fully saturated rings. The number of nitrogens with zero attached hydrogens (tertiary/aromatic N) is 2. The van der Waals surface area contributed by atoms with Crippen LogP contribution in [0, 0.1) is 0 Å². The van der Waals surface area contributed by atoms with Crippen molar-refractivity contribution in [2.24, 2.45) is 0 Å². The van der Waals surface area contributed by atoms with Crippen LogP contribution >= 0.6 is 0 Å². The summed E-state index contributed by atoms with van der Waals surface area (Å²) in [5, 5.41) is 4.44. The van der Waals surface area contributed by atoms with E-state index >= 15 is 0 Å². The van der Waals surface area contributed by atoms with Gasteiger partial charge in [0.15, 0.2) is 0 Å². The van der Waals surface area contributed by atoms with Gasteiger partial charge < -0.3 is 4.74 Å². The number of hydrogen-bond donors (Lipinski definition) is 0. The summed E-state index contributed by atoms with van der Waals surface area (Å²) in [6, 6.07) is 2.70. The third kappa shape index (κ3) is 2.64. The lowest BCUT2D eigenvalue weighted by molar-refractivity contribution is 0.0458. The molecule has 0 aromatic carbocycles. The smallest absolute Gasteiger partial charge is 0.0888 e. The summed E-state index contributed by atoms with van der Waals surface area (Å²) in [7, 11) is 0. The fourth-order valence-corrected chi connectivity index (χ4v) is 2.28. The van der Waals surface area contributed by atoms with Crippen LogP contribution in [0.25, 0.3) is 0 Å². The van der Waals surface area contributed by atoms with Crippen molar-refractivity contribution in [1.82, 2.24) is 9.78 Å². The SMILES string of the molecule is CCC(C)OCc1ccnn1C1CCCC1. The first-order valence-electron chi connectivity index (χ1n) is 6.45. The van der Waals surface area contributed by atoms with Crippen LogP contribution in [0.2, 0.25) is 0 Å². The van der Waals surface area contributed by atoms with E-state index in [0.717, 1.165) is 6.42 Å². The van der Waals surface area contributed by atoms with E-state index < -0.39 is 0 Å². The molecular weight excluding hydrogens is 200 g/mol. The summed E-state index contributed by atoms with van der Waals surface area (Å²) >= 11 is 0. The summed E-state index contributed by atoms with van der Waals surface area (Å²) in [6.07, 6.45) is 8.54. The van der Waals surface area contributed by atoms with E-state index in [1.807, 2.05) is 6.20 Å². The van der Waals surface area contributed by atoms with E-state index in [-0.39, 0.29) is 0 Å². The maximum Gasteiger partial charge on any atom is 0.0888 e. The molecule has 0 N–H and O–H groups in total. The minimum absolute atomic E-state index is 0.340. The van der Waals surface area contributed by atoms with Gasteiger partial charge in [-0.3, -0.25) is 4.68 Å². The second-order valence-corrected chi connectivity index (χ2v) is 4.74. The molecular formula is C13H22N2O. The third-order valence-corrected chi connectivity index (χ3v) is 3.51. The first kappa shape index (κ1) is 11.6. The molecule has 90 valence electrons. The molecule has 1 heterocycles. The van der Waals surface area contributed by atoms with Crippen molar-refractivity contribution in [1.29, 1.82) is 0 Å². The predicted molar refractivity (Wildman–Crippen MR) is 64.3 cm³/mol. The normalized spacial score (nSPS) is 19.1. The van der Waals surface area contributed by atoms with Crippen LogP contribution in [0.1, 0.15) is 57.7 Å². The van der Waals surface area contributed by atoms with Gasteiger partial charge in [-0.05, 0) is 32.3 Å². The summed E-state index contributed by atoms with van der Waals surface area (Å²) in [4.78, 5) is 0. The molecule has 1 aliphatic carbocycles. The monoisotopic (exact) mass is 222 g/mol. The van der Waals surface area contributed by atoms with E-state index in [9.17, 15) is 0 Å². The summed E-state index contributed by atoms with van der Waals surface area (Å²) < 4.78 is 7.95. The van der Waals surface area contributed by atoms with Gasteiger partial charge >= 0.3 is 0 Å². The Balaban J connectivity index is 1.95. The second-order valence-electron chi connectivity index (χ2n) is 4.74. The van der Waals surface area contributed by atoms with Gasteiger partial charge in [0, 0.05) is 6.20 Å². The predicted octanol–water partition coefficient (Wildman–Crippen LogP) is 3.31. The molecule has 0 aliphatic heterocycles. The number of rotatable bonds is 5. The molecule has 0 spiro atoms. The van der Waals surface area contributed by atoms with E-state index in [1.165, 1.54) is 31.4 Å². The van der Waals surface area contributed by atoms with Crippen LogP contribution in [0.4, 0.5) is 0 Å². The van der Waals surface area contributed by atoms with Crippen LogP contribution in [0.5, 0.6) is 0 Å². The second kappa shape index (κ2) is 5.48. The average molecular weight is 222 g/mol. The lowest BCUT2D eigenvalue weighted by atomic mass is 10.2. The Labute approximate surface area is 97.8 Å². The maximum absolute atomic E-state index is 5.77. The molecule has 1 aliphatic rings. The van der Waals surface area contributed by atoms with E-state index in [1.54, 1.807) is 0 Å². The highest BCUT2D eigenvalue weighted by Crippen LogP contribution is 2.29. The topological polar surface area (TPSA) is 27.1 Å². The molecule has 3 nitrogen and oxygen atoms in total. The van der Waals surface area contributed by atoms with Crippen molar-refractivity contribution in [3.05, 3.63) is 18.0 Å². The molecule has 1 aromatic heterocycles. The molecule has 1 atom stereocenters. The van der Waals surface area contributed by atoms with Crippen LogP contribution < -0.4 is 0 Å². The van der Waals surface area contributed by atoms with Gasteiger partial charge in [-0.25, -0.2) is 0 Å². The van der Waals surface area contributed by atoms with Gasteiger partial charge in [-0.2, -0.15) is 5.10 Å². The van der Waals surface area contributed by atoms with Gasteiger partial charge in [-0.1, -0.05) is 19.8 Å². The Hall–Kier alpha value is -0.830. The van der Waals surface area contributed by atoms with Crippen molar-refractivity contribution in [2.75, 3.05) is 0 Å². The fraction of sp³-hybridized carbons (Fsp3) is 0.769. The summed E-state index contributed by atoms with van der Waals surface area (Å²) in [5.41, 5.74) is 1.23. The van der Waals surface area contributed by atoms with E-state index in [2.05, 4.69) is 29.7 Å². The molecule has 2 rings (SSSR count). The molecule has 16 heavy (non-hydrogen) atoms. The van der Waals surface area contributed by atoms with Crippen molar-refractivity contribution < 1.29 is 4.74 Å². The highest BCUT2D eigenvalue weighted by atomic mass is 16.5. The van der Waals surface area contributed by atoms with E-state index in [4.69, 9.17) is 4.74 Å². The number of hydrogen-bond acceptors (Lipinski definition) is 2. The zero-order chi connectivity index (χ0) is 11.4. The highest BCUT2D eigenvalue weighted by Gasteiger charge is 2.19. The average Bonchev–Trinajstić information content (AvgIpc) is 2.95. The summed E-state index contributed by atoms with van der Waals surface area (Å²) in [6.45, 7) is 4.97. The Bertz CT molecular complexity index is 315. The zero-order valence-electron chi connectivity index (χ0n) is 10.4. The minimum atomic E-state index is 0.340. The number of aromatic nitrogens is 2. The molecule has 0 saturated heterocycles. The van der Waals surface area contributed by atoms with Crippen molar-refractivity contribution in [3.8, 4) is 0 Å². The first-order valence-corrected chi connectivity index (χ1v) is 6.45. The highest BCUT2D eigenvalue weighted by molar-refractivity contribution is 5.01. The van der Waals surface area contributed by atoms with Crippen LogP contribution in [-0.2, 0) is 11.3 Å². The van der Waals surface area contributed by atoms with Gasteiger partial charge in [0.25, 0.3) is 0 Å². The molecule has 0 bridgehead atoms. The van der Waals surface area contributed by atoms with Crippen molar-refractivity contribution in [2.45, 2.75) is 64.7 Å². The van der Waals surface area contributed by atoms with Gasteiger partial charge in [0.05, 0.1) is 24.4 Å². The van der Waals surface area contributed by atoms with Gasteiger partial charge in [-0.15, -0.1) is 0 Å². The van der Waals surface area contributed by atoms with Crippen LogP contribution in [0.3, 0.4) is 0 Å². The van der Waals surface area contributed by atoms with Gasteiger partial charge in [0.2, 0.25) is 0 Å². The van der Waals surface area contributed by atoms with Crippen LogP contribution in [0.15, 0.2) is 12.3 Å². The number of ether oxygens (including phenoxy) is 1. The molecule has 3 heteroatoms. The first-order chi connectivity index (χ1) is 7.81. The lowest BCUT2D eigenvalue weighted by Gasteiger charge is -2.16. The van der Waals surface area contributed by atoms with E-state index in [0.29, 0.717) is 18.8 Å². The Morgan fingerprint density at radius 3 is 2.94 bits per heavy atom. The quantitative estimate of drug-likeness (QED) is 0.764. The minimum Gasteiger partial charge on any atom is -0.372 e. The largest absolute Gasteiger partial charge is 0.372 e. The zero-order valence-corrected chi connectivity index (χ0v) is 10.4. The van der Waals surface area contributed by atoms with Crippen molar-refractivity contribution in [3.63, 3.8) is 0 Å². The molecule has 0 amide bonds. The fourth-order valence-electron chi connectivity index (χ4n) is 2.28. The van der Waals surface area contributed by atoms with Crippen LogP contribution in [-0.4, -0.2) is 15.9 Å². The Morgan fingerprint density at radius 2 is 2.25 bits per heavy atom. The van der Waals surface area contributed by atoms with Crippen molar-refractivity contribution >= 4 is 0 Å². The molecule has 1 unspecified atom stereocenters. The lowest BCUT2D eigenvalue weighted by Crippen LogP contribution is -2.13. The maximum atomic E-state index is 5.77. The standard InChI is InChI=1S/C13H22N2O/c1-3-11(2)16-10-13-8-9-14-15(13)12-6-4-5-7-12/h8-9,11-12H,3-7,10H2,1-2H3. The third-order valence-electron chi connectivity index (χ3n) is 3.51. The summed E-state index contributed by atoms with van der Waals surface area (Å²) in [5.74, 6) is 0. The Morgan fingerprint density at radius 1 is 1.50 bits per heavy atom. The molecule has 1 aromatic rings.